The Morgan fingerprint density at radius 2 is 1.92 bits per heavy atom. The Labute approximate surface area is 146 Å². The van der Waals surface area contributed by atoms with Crippen LogP contribution in [0, 0.1) is 5.92 Å². The zero-order chi connectivity index (χ0) is 18.4. The molecule has 0 saturated heterocycles. The Balaban J connectivity index is 2.14. The van der Waals surface area contributed by atoms with Crippen LogP contribution < -0.4 is 10.1 Å². The van der Waals surface area contributed by atoms with E-state index in [4.69, 9.17) is 4.74 Å². The number of ketones is 1. The number of amides is 1. The largest absolute Gasteiger partial charge is 0.504 e. The smallest absolute Gasteiger partial charge is 0.226 e. The molecule has 0 spiro atoms. The summed E-state index contributed by atoms with van der Waals surface area (Å²) in [5.74, 6) is -0.0414. The Morgan fingerprint density at radius 1 is 1.16 bits per heavy atom. The second kappa shape index (κ2) is 8.15. The minimum absolute atomic E-state index is 0.0413. The third-order valence-electron chi connectivity index (χ3n) is 3.57. The maximum absolute atomic E-state index is 12.3. The van der Waals surface area contributed by atoms with Crippen molar-refractivity contribution in [2.75, 3.05) is 12.4 Å². The summed E-state index contributed by atoms with van der Waals surface area (Å²) in [6.07, 6.45) is 3.08. The lowest BCUT2D eigenvalue weighted by Crippen LogP contribution is -2.17. The topological polar surface area (TPSA) is 75.6 Å². The molecule has 0 atom stereocenters. The summed E-state index contributed by atoms with van der Waals surface area (Å²) >= 11 is 0. The second-order valence-corrected chi connectivity index (χ2v) is 5.85. The number of carbonyl (C=O) groups excluding carboxylic acids is 2. The number of aromatic hydroxyl groups is 1. The molecular weight excluding hydrogens is 318 g/mol. The third kappa shape index (κ3) is 4.94. The third-order valence-corrected chi connectivity index (χ3v) is 3.57. The van der Waals surface area contributed by atoms with E-state index in [2.05, 4.69) is 5.32 Å². The molecular formula is C20H21NO4. The summed E-state index contributed by atoms with van der Waals surface area (Å²) in [6.45, 7) is 3.61. The summed E-state index contributed by atoms with van der Waals surface area (Å²) in [5, 5.41) is 12.4. The molecule has 0 bridgehead atoms. The van der Waals surface area contributed by atoms with Crippen molar-refractivity contribution >= 4 is 23.5 Å². The van der Waals surface area contributed by atoms with Crippen LogP contribution in [0.15, 0.2) is 48.5 Å². The summed E-state index contributed by atoms with van der Waals surface area (Å²) < 4.78 is 5.04. The minimum atomic E-state index is -0.187. The molecule has 0 fully saturated rings. The molecule has 0 radical (unpaired) electrons. The van der Waals surface area contributed by atoms with Gasteiger partial charge in [-0.3, -0.25) is 9.59 Å². The number of hydrogen-bond acceptors (Lipinski definition) is 4. The minimum Gasteiger partial charge on any atom is -0.504 e. The zero-order valence-corrected chi connectivity index (χ0v) is 14.4. The van der Waals surface area contributed by atoms with E-state index < -0.39 is 0 Å². The van der Waals surface area contributed by atoms with Crippen LogP contribution in [0.5, 0.6) is 11.5 Å². The number of methoxy groups -OCH3 is 1. The molecule has 2 N–H and O–H groups in total. The van der Waals surface area contributed by atoms with Crippen LogP contribution in [0.3, 0.4) is 0 Å². The average Bonchev–Trinajstić information content (AvgIpc) is 2.60. The van der Waals surface area contributed by atoms with Crippen molar-refractivity contribution in [2.24, 2.45) is 5.92 Å². The van der Waals surface area contributed by atoms with Crippen molar-refractivity contribution in [3.8, 4) is 11.5 Å². The van der Waals surface area contributed by atoms with Gasteiger partial charge in [0.15, 0.2) is 17.3 Å². The second-order valence-electron chi connectivity index (χ2n) is 5.85. The van der Waals surface area contributed by atoms with E-state index in [1.54, 1.807) is 56.3 Å². The number of benzene rings is 2. The summed E-state index contributed by atoms with van der Waals surface area (Å²) in [7, 11) is 1.46. The number of rotatable bonds is 6. The Hall–Kier alpha value is -3.08. The summed E-state index contributed by atoms with van der Waals surface area (Å²) in [4.78, 5) is 24.1. The van der Waals surface area contributed by atoms with Crippen molar-refractivity contribution in [3.63, 3.8) is 0 Å². The van der Waals surface area contributed by atoms with Crippen molar-refractivity contribution < 1.29 is 19.4 Å². The van der Waals surface area contributed by atoms with Crippen LogP contribution in [0.4, 0.5) is 5.69 Å². The number of phenolic OH excluding ortho intramolecular Hbond substituents is 1. The van der Waals surface area contributed by atoms with E-state index in [-0.39, 0.29) is 23.4 Å². The highest BCUT2D eigenvalue weighted by atomic mass is 16.5. The Morgan fingerprint density at radius 3 is 2.60 bits per heavy atom. The molecule has 2 aromatic carbocycles. The van der Waals surface area contributed by atoms with Gasteiger partial charge in [-0.25, -0.2) is 0 Å². The van der Waals surface area contributed by atoms with E-state index in [9.17, 15) is 14.7 Å². The van der Waals surface area contributed by atoms with Gasteiger partial charge in [0.2, 0.25) is 5.91 Å². The van der Waals surface area contributed by atoms with Crippen LogP contribution >= 0.6 is 0 Å². The highest BCUT2D eigenvalue weighted by Crippen LogP contribution is 2.26. The lowest BCUT2D eigenvalue weighted by atomic mass is 10.1. The van der Waals surface area contributed by atoms with E-state index >= 15 is 0 Å². The molecule has 5 nitrogen and oxygen atoms in total. The van der Waals surface area contributed by atoms with Gasteiger partial charge in [0, 0.05) is 17.2 Å². The lowest BCUT2D eigenvalue weighted by Gasteiger charge is -2.08. The normalized spacial score (nSPS) is 10.9. The molecule has 5 heteroatoms. The van der Waals surface area contributed by atoms with E-state index in [1.165, 1.54) is 19.3 Å². The van der Waals surface area contributed by atoms with E-state index in [1.807, 2.05) is 0 Å². The fourth-order valence-electron chi connectivity index (χ4n) is 2.10. The Kier molecular flexibility index (Phi) is 5.95. The first-order valence-corrected chi connectivity index (χ1v) is 7.91. The quantitative estimate of drug-likeness (QED) is 0.618. The van der Waals surface area contributed by atoms with E-state index in [0.717, 1.165) is 5.56 Å². The first kappa shape index (κ1) is 18.3. The van der Waals surface area contributed by atoms with Gasteiger partial charge >= 0.3 is 0 Å². The van der Waals surface area contributed by atoms with E-state index in [0.29, 0.717) is 17.0 Å². The van der Waals surface area contributed by atoms with Gasteiger partial charge in [-0.1, -0.05) is 38.1 Å². The lowest BCUT2D eigenvalue weighted by molar-refractivity contribution is -0.118. The molecule has 2 rings (SSSR count). The number of ether oxygens (including phenoxy) is 1. The standard InChI is InChI=1S/C20H21NO4/c1-13(2)20(24)21-16-6-4-5-15(12-16)17(22)9-7-14-8-10-18(23)19(11-14)25-3/h4-13,23H,1-3H3,(H,21,24)/b9-7+. The fourth-order valence-corrected chi connectivity index (χ4v) is 2.10. The van der Waals surface area contributed by atoms with Gasteiger partial charge < -0.3 is 15.2 Å². The van der Waals surface area contributed by atoms with Crippen LogP contribution in [0.1, 0.15) is 29.8 Å². The fraction of sp³-hybridized carbons (Fsp3) is 0.200. The number of hydrogen-bond donors (Lipinski definition) is 2. The van der Waals surface area contributed by atoms with Crippen molar-refractivity contribution in [3.05, 3.63) is 59.7 Å². The van der Waals surface area contributed by atoms with Gasteiger partial charge in [0.05, 0.1) is 7.11 Å². The molecule has 2 aromatic rings. The molecule has 25 heavy (non-hydrogen) atoms. The van der Waals surface area contributed by atoms with Crippen molar-refractivity contribution in [1.29, 1.82) is 0 Å². The Bertz CT molecular complexity index is 809. The molecule has 0 saturated carbocycles. The van der Waals surface area contributed by atoms with Gasteiger partial charge in [0.1, 0.15) is 0 Å². The molecule has 0 aliphatic rings. The van der Waals surface area contributed by atoms with Crippen LogP contribution in [0.2, 0.25) is 0 Å². The molecule has 0 aliphatic heterocycles. The van der Waals surface area contributed by atoms with Crippen LogP contribution in [0.25, 0.3) is 6.08 Å². The monoisotopic (exact) mass is 339 g/mol. The number of allylic oxidation sites excluding steroid dienone is 1. The van der Waals surface area contributed by atoms with Crippen LogP contribution in [-0.2, 0) is 4.79 Å². The van der Waals surface area contributed by atoms with Gasteiger partial charge in [-0.2, -0.15) is 0 Å². The molecule has 0 heterocycles. The van der Waals surface area contributed by atoms with Crippen molar-refractivity contribution in [2.45, 2.75) is 13.8 Å². The number of anilines is 1. The summed E-state index contributed by atoms with van der Waals surface area (Å²) in [6, 6.07) is 11.6. The number of phenols is 1. The average molecular weight is 339 g/mol. The highest BCUT2D eigenvalue weighted by Gasteiger charge is 2.09. The summed E-state index contributed by atoms with van der Waals surface area (Å²) in [5.41, 5.74) is 1.79. The van der Waals surface area contributed by atoms with Gasteiger partial charge in [-0.05, 0) is 35.9 Å². The maximum atomic E-state index is 12.3. The van der Waals surface area contributed by atoms with Crippen LogP contribution in [-0.4, -0.2) is 23.9 Å². The number of carbonyl (C=O) groups is 2. The molecule has 0 aromatic heterocycles. The van der Waals surface area contributed by atoms with Gasteiger partial charge in [-0.15, -0.1) is 0 Å². The maximum Gasteiger partial charge on any atom is 0.226 e. The molecule has 0 unspecified atom stereocenters. The first-order chi connectivity index (χ1) is 11.9. The predicted octanol–water partition coefficient (Wildman–Crippen LogP) is 3.89. The zero-order valence-electron chi connectivity index (χ0n) is 14.4. The van der Waals surface area contributed by atoms with Crippen molar-refractivity contribution in [1.82, 2.24) is 0 Å². The molecule has 130 valence electrons. The number of nitrogens with one attached hydrogen (secondary N) is 1. The highest BCUT2D eigenvalue weighted by molar-refractivity contribution is 6.07. The molecule has 0 aliphatic carbocycles. The van der Waals surface area contributed by atoms with Gasteiger partial charge in [0.25, 0.3) is 0 Å². The first-order valence-electron chi connectivity index (χ1n) is 7.91. The molecule has 1 amide bonds. The predicted molar refractivity (Wildman–Crippen MR) is 97.9 cm³/mol. The SMILES string of the molecule is COc1cc(/C=C/C(=O)c2cccc(NC(=O)C(C)C)c2)ccc1O.